The number of ether oxygens (including phenoxy) is 3. The molecule has 1 aliphatic rings. The topological polar surface area (TPSA) is 106 Å². The minimum Gasteiger partial charge on any atom is -0.462 e. The van der Waals surface area contributed by atoms with E-state index in [9.17, 15) is 14.7 Å². The van der Waals surface area contributed by atoms with Crippen molar-refractivity contribution in [2.24, 2.45) is 11.3 Å². The number of esters is 1. The van der Waals surface area contributed by atoms with Crippen LogP contribution in [0.25, 0.3) is 0 Å². The Kier molecular flexibility index (Phi) is 7.90. The van der Waals surface area contributed by atoms with E-state index >= 15 is 0 Å². The van der Waals surface area contributed by atoms with Gasteiger partial charge in [0.25, 0.3) is 0 Å². The summed E-state index contributed by atoms with van der Waals surface area (Å²) in [5, 5.41) is 19.7. The SMILES string of the molecule is CC(C)CO[C@@H]1C=C([C@H](O)c2ccc(C#N)cc2)C(=O)[C@@H](COC(=O)C(C)(C)C)O1. The maximum Gasteiger partial charge on any atom is 0.311 e. The number of rotatable bonds is 7. The zero-order valence-corrected chi connectivity index (χ0v) is 18.0. The van der Waals surface area contributed by atoms with Crippen LogP contribution in [0.5, 0.6) is 0 Å². The molecule has 0 saturated heterocycles. The number of carbonyl (C=O) groups is 2. The van der Waals surface area contributed by atoms with Gasteiger partial charge in [-0.2, -0.15) is 5.26 Å². The maximum atomic E-state index is 13.0. The summed E-state index contributed by atoms with van der Waals surface area (Å²) in [6, 6.07) is 8.32. The molecule has 7 heteroatoms. The summed E-state index contributed by atoms with van der Waals surface area (Å²) in [5.41, 5.74) is 0.301. The molecular weight excluding hydrogens is 386 g/mol. The van der Waals surface area contributed by atoms with Gasteiger partial charge in [-0.05, 0) is 50.5 Å². The molecule has 3 atom stereocenters. The fourth-order valence-corrected chi connectivity index (χ4v) is 2.68. The molecule has 2 rings (SSSR count). The van der Waals surface area contributed by atoms with Crippen molar-refractivity contribution in [2.45, 2.75) is 53.1 Å². The molecule has 0 radical (unpaired) electrons. The third kappa shape index (κ3) is 6.23. The molecule has 0 spiro atoms. The molecule has 0 aromatic heterocycles. The number of carbonyl (C=O) groups excluding carboxylic acids is 2. The van der Waals surface area contributed by atoms with Crippen LogP contribution >= 0.6 is 0 Å². The Bertz CT molecular complexity index is 829. The number of aliphatic hydroxyl groups is 1. The first-order valence-corrected chi connectivity index (χ1v) is 9.91. The smallest absolute Gasteiger partial charge is 0.311 e. The van der Waals surface area contributed by atoms with Gasteiger partial charge in [0.1, 0.15) is 12.7 Å². The molecule has 1 aromatic carbocycles. The lowest BCUT2D eigenvalue weighted by Gasteiger charge is -2.30. The molecule has 1 N–H and O–H groups in total. The first kappa shape index (κ1) is 23.7. The van der Waals surface area contributed by atoms with Crippen molar-refractivity contribution in [3.05, 3.63) is 47.0 Å². The number of hydrogen-bond donors (Lipinski definition) is 1. The normalized spacial score (nSPS) is 20.5. The maximum absolute atomic E-state index is 13.0. The lowest BCUT2D eigenvalue weighted by molar-refractivity contribution is -0.183. The lowest BCUT2D eigenvalue weighted by atomic mass is 9.93. The molecule has 0 aliphatic carbocycles. The average Bonchev–Trinajstić information content (AvgIpc) is 2.70. The first-order valence-electron chi connectivity index (χ1n) is 9.91. The molecule has 0 unspecified atom stereocenters. The molecule has 0 bridgehead atoms. The van der Waals surface area contributed by atoms with Gasteiger partial charge < -0.3 is 19.3 Å². The lowest BCUT2D eigenvalue weighted by Crippen LogP contribution is -2.42. The molecular formula is C23H29NO6. The van der Waals surface area contributed by atoms with Gasteiger partial charge in [0, 0.05) is 5.57 Å². The van der Waals surface area contributed by atoms with Gasteiger partial charge in [0.15, 0.2) is 18.2 Å². The van der Waals surface area contributed by atoms with E-state index in [-0.39, 0.29) is 18.1 Å². The predicted molar refractivity (Wildman–Crippen MR) is 109 cm³/mol. The summed E-state index contributed by atoms with van der Waals surface area (Å²) >= 11 is 0. The zero-order chi connectivity index (χ0) is 22.5. The van der Waals surface area contributed by atoms with Crippen molar-refractivity contribution in [3.63, 3.8) is 0 Å². The molecule has 1 aliphatic heterocycles. The standard InChI is InChI=1S/C23H29NO6/c1-14(2)12-28-19-10-17(20(25)16-8-6-15(11-24)7-9-16)21(26)18(30-19)13-29-22(27)23(3,4)5/h6-10,14,18-20,25H,12-13H2,1-5H3/t18-,19+,20-/m1/s1. The summed E-state index contributed by atoms with van der Waals surface area (Å²) in [7, 11) is 0. The number of ketones is 1. The highest BCUT2D eigenvalue weighted by atomic mass is 16.7. The number of benzene rings is 1. The Hall–Kier alpha value is -2.53. The van der Waals surface area contributed by atoms with Gasteiger partial charge in [-0.3, -0.25) is 9.59 Å². The van der Waals surface area contributed by atoms with Gasteiger partial charge in [0.2, 0.25) is 0 Å². The highest BCUT2D eigenvalue weighted by molar-refractivity contribution is 6.00. The Balaban J connectivity index is 2.24. The van der Waals surface area contributed by atoms with Gasteiger partial charge in [-0.1, -0.05) is 26.0 Å². The summed E-state index contributed by atoms with van der Waals surface area (Å²) in [6.07, 6.45) is -1.71. The summed E-state index contributed by atoms with van der Waals surface area (Å²) in [6.45, 7) is 9.23. The molecule has 162 valence electrons. The Morgan fingerprint density at radius 2 is 1.90 bits per heavy atom. The third-order valence-corrected chi connectivity index (χ3v) is 4.41. The Morgan fingerprint density at radius 3 is 2.43 bits per heavy atom. The third-order valence-electron chi connectivity index (χ3n) is 4.41. The highest BCUT2D eigenvalue weighted by Crippen LogP contribution is 2.29. The number of Topliss-reactive ketones (excluding diaryl/α,β-unsaturated/α-hetero) is 1. The first-order chi connectivity index (χ1) is 14.0. The van der Waals surface area contributed by atoms with Crippen molar-refractivity contribution >= 4 is 11.8 Å². The van der Waals surface area contributed by atoms with E-state index < -0.39 is 35.7 Å². The van der Waals surface area contributed by atoms with Crippen LogP contribution in [0.2, 0.25) is 0 Å². The second-order valence-electron chi connectivity index (χ2n) is 8.69. The van der Waals surface area contributed by atoms with Crippen LogP contribution in [-0.2, 0) is 23.8 Å². The molecule has 1 aromatic rings. The van der Waals surface area contributed by atoms with Crippen molar-refractivity contribution in [2.75, 3.05) is 13.2 Å². The molecule has 0 saturated carbocycles. The predicted octanol–water partition coefficient (Wildman–Crippen LogP) is 3.07. The molecule has 0 amide bonds. The van der Waals surface area contributed by atoms with Gasteiger partial charge in [-0.25, -0.2) is 0 Å². The number of aliphatic hydroxyl groups excluding tert-OH is 1. The molecule has 0 fully saturated rings. The summed E-state index contributed by atoms with van der Waals surface area (Å²) < 4.78 is 16.7. The van der Waals surface area contributed by atoms with Gasteiger partial charge in [0.05, 0.1) is 23.7 Å². The van der Waals surface area contributed by atoms with Crippen LogP contribution in [-0.4, -0.2) is 42.5 Å². The number of hydrogen-bond acceptors (Lipinski definition) is 7. The Labute approximate surface area is 177 Å². The zero-order valence-electron chi connectivity index (χ0n) is 18.0. The second kappa shape index (κ2) is 9.98. The largest absolute Gasteiger partial charge is 0.462 e. The van der Waals surface area contributed by atoms with E-state index in [1.807, 2.05) is 19.9 Å². The van der Waals surface area contributed by atoms with E-state index in [1.54, 1.807) is 45.0 Å². The van der Waals surface area contributed by atoms with Crippen molar-refractivity contribution in [3.8, 4) is 6.07 Å². The molecule has 30 heavy (non-hydrogen) atoms. The highest BCUT2D eigenvalue weighted by Gasteiger charge is 2.37. The van der Waals surface area contributed by atoms with Crippen LogP contribution in [0.4, 0.5) is 0 Å². The van der Waals surface area contributed by atoms with Crippen LogP contribution in [0.1, 0.15) is 51.8 Å². The van der Waals surface area contributed by atoms with E-state index in [0.717, 1.165) is 0 Å². The monoisotopic (exact) mass is 415 g/mol. The van der Waals surface area contributed by atoms with Gasteiger partial charge in [-0.15, -0.1) is 0 Å². The minimum absolute atomic E-state index is 0.108. The number of nitrogens with zero attached hydrogens (tertiary/aromatic N) is 1. The average molecular weight is 415 g/mol. The summed E-state index contributed by atoms with van der Waals surface area (Å²) in [4.78, 5) is 25.1. The van der Waals surface area contributed by atoms with Crippen molar-refractivity contribution < 1.29 is 28.9 Å². The Morgan fingerprint density at radius 1 is 1.27 bits per heavy atom. The van der Waals surface area contributed by atoms with Crippen LogP contribution in [0.3, 0.4) is 0 Å². The van der Waals surface area contributed by atoms with Gasteiger partial charge >= 0.3 is 5.97 Å². The summed E-state index contributed by atoms with van der Waals surface area (Å²) in [5.74, 6) is -0.691. The van der Waals surface area contributed by atoms with E-state index in [2.05, 4.69) is 0 Å². The molecule has 1 heterocycles. The van der Waals surface area contributed by atoms with E-state index in [1.165, 1.54) is 6.08 Å². The van der Waals surface area contributed by atoms with Crippen molar-refractivity contribution in [1.82, 2.24) is 0 Å². The van der Waals surface area contributed by atoms with Crippen LogP contribution in [0.15, 0.2) is 35.9 Å². The fraction of sp³-hybridized carbons (Fsp3) is 0.522. The fourth-order valence-electron chi connectivity index (χ4n) is 2.68. The van der Waals surface area contributed by atoms with Crippen LogP contribution < -0.4 is 0 Å². The van der Waals surface area contributed by atoms with Crippen LogP contribution in [0, 0.1) is 22.7 Å². The molecule has 7 nitrogen and oxygen atoms in total. The van der Waals surface area contributed by atoms with E-state index in [0.29, 0.717) is 17.7 Å². The number of nitriles is 1. The van der Waals surface area contributed by atoms with E-state index in [4.69, 9.17) is 19.5 Å². The van der Waals surface area contributed by atoms with Crippen molar-refractivity contribution in [1.29, 1.82) is 5.26 Å². The second-order valence-corrected chi connectivity index (χ2v) is 8.69. The quantitative estimate of drug-likeness (QED) is 0.682. The minimum atomic E-state index is -1.22.